The third-order valence-electron chi connectivity index (χ3n) is 5.00. The second kappa shape index (κ2) is 11.5. The minimum atomic E-state index is -2.52. The van der Waals surface area contributed by atoms with Crippen molar-refractivity contribution in [3.05, 3.63) is 60.2 Å². The highest BCUT2D eigenvalue weighted by Gasteiger charge is 2.39. The van der Waals surface area contributed by atoms with Gasteiger partial charge < -0.3 is 4.90 Å². The molecule has 8 heteroatoms. The van der Waals surface area contributed by atoms with Gasteiger partial charge in [-0.1, -0.05) is 68.4 Å². The summed E-state index contributed by atoms with van der Waals surface area (Å²) < 4.78 is 26.1. The molecule has 2 aromatic carbocycles. The normalized spacial score (nSPS) is 17.7. The van der Waals surface area contributed by atoms with E-state index in [9.17, 15) is 13.2 Å². The van der Waals surface area contributed by atoms with Gasteiger partial charge in [-0.05, 0) is 29.5 Å². The molecule has 0 aromatic heterocycles. The number of rotatable bonds is 5. The Morgan fingerprint density at radius 3 is 2.43 bits per heavy atom. The van der Waals surface area contributed by atoms with Crippen molar-refractivity contribution in [3.8, 4) is 11.1 Å². The molecule has 2 aromatic rings. The smallest absolute Gasteiger partial charge is 0.317 e. The maximum absolute atomic E-state index is 12.6. The topological polar surface area (TPSA) is 79.3 Å². The summed E-state index contributed by atoms with van der Waals surface area (Å²) in [6.07, 6.45) is 1.01. The second-order valence-electron chi connectivity index (χ2n) is 6.67. The summed E-state index contributed by atoms with van der Waals surface area (Å²) in [6.45, 7) is 4.43. The second-order valence-corrected chi connectivity index (χ2v) is 7.32. The minimum absolute atomic E-state index is 0.305. The van der Waals surface area contributed by atoms with Gasteiger partial charge in [0.25, 0.3) is 0 Å². The first-order chi connectivity index (χ1) is 14.5. The van der Waals surface area contributed by atoms with Crippen molar-refractivity contribution in [2.75, 3.05) is 20.7 Å². The number of benzene rings is 2. The molecule has 7 nitrogen and oxygen atoms in total. The zero-order valence-corrected chi connectivity index (χ0v) is 18.7. The largest absolute Gasteiger partial charge is 0.343 e. The molecule has 2 atom stereocenters. The number of carbonyl (C=O) groups is 1. The third-order valence-corrected chi connectivity index (χ3v) is 5.44. The van der Waals surface area contributed by atoms with E-state index < -0.39 is 16.5 Å². The van der Waals surface area contributed by atoms with E-state index in [4.69, 9.17) is 4.84 Å². The van der Waals surface area contributed by atoms with Gasteiger partial charge in [-0.2, -0.15) is 12.8 Å². The molecule has 0 aliphatic carbocycles. The Hall–Kier alpha value is -2.71. The quantitative estimate of drug-likeness (QED) is 0.669. The zero-order chi connectivity index (χ0) is 22.1. The number of hydrogen-bond donors (Lipinski definition) is 0. The van der Waals surface area contributed by atoms with Crippen LogP contribution in [-0.2, 0) is 21.8 Å². The van der Waals surface area contributed by atoms with Gasteiger partial charge >= 0.3 is 16.5 Å². The molecule has 2 amide bonds. The van der Waals surface area contributed by atoms with Crippen LogP contribution in [0.3, 0.4) is 0 Å². The van der Waals surface area contributed by atoms with Gasteiger partial charge in [-0.15, -0.1) is 0 Å². The number of hydroxylamine groups is 2. The van der Waals surface area contributed by atoms with Crippen LogP contribution in [-0.4, -0.2) is 57.2 Å². The number of nitrogens with zero attached hydrogens (tertiary/aromatic N) is 3. The van der Waals surface area contributed by atoms with Crippen molar-refractivity contribution >= 4 is 16.5 Å². The molecule has 1 aliphatic rings. The Morgan fingerprint density at radius 2 is 1.80 bits per heavy atom. The fourth-order valence-corrected chi connectivity index (χ4v) is 4.03. The van der Waals surface area contributed by atoms with Crippen LogP contribution in [0.5, 0.6) is 0 Å². The van der Waals surface area contributed by atoms with Gasteiger partial charge in [-0.3, -0.25) is 4.84 Å². The molecular weight excluding hydrogens is 402 g/mol. The van der Waals surface area contributed by atoms with E-state index >= 15 is 0 Å². The number of hydrogen-bond acceptors (Lipinski definition) is 5. The Bertz CT molecular complexity index is 955. The van der Waals surface area contributed by atoms with Crippen molar-refractivity contribution in [1.82, 2.24) is 9.96 Å². The van der Waals surface area contributed by atoms with E-state index in [0.29, 0.717) is 19.4 Å². The highest BCUT2D eigenvalue weighted by Crippen LogP contribution is 2.27. The molecule has 1 saturated heterocycles. The Morgan fingerprint density at radius 1 is 1.13 bits per heavy atom. The highest BCUT2D eigenvalue weighted by atomic mass is 32.2. The summed E-state index contributed by atoms with van der Waals surface area (Å²) in [4.78, 5) is 19.3. The predicted molar refractivity (Wildman–Crippen MR) is 117 cm³/mol. The number of amides is 2. The van der Waals surface area contributed by atoms with Crippen molar-refractivity contribution in [1.29, 1.82) is 0 Å². The molecular formula is C22H29N3O4S. The molecule has 1 fully saturated rings. The van der Waals surface area contributed by atoms with Crippen molar-refractivity contribution < 1.29 is 18.0 Å². The summed E-state index contributed by atoms with van der Waals surface area (Å²) in [7, 11) is 0.434. The minimum Gasteiger partial charge on any atom is -0.317 e. The van der Waals surface area contributed by atoms with E-state index in [0.717, 1.165) is 21.8 Å². The molecule has 0 bridgehead atoms. The molecule has 1 aliphatic heterocycles. The zero-order valence-electron chi connectivity index (χ0n) is 17.9. The first kappa shape index (κ1) is 23.6. The summed E-state index contributed by atoms with van der Waals surface area (Å²) >= 11 is 0. The van der Waals surface area contributed by atoms with Crippen molar-refractivity contribution in [2.24, 2.45) is 4.36 Å². The molecule has 1 heterocycles. The molecule has 3 rings (SSSR count). The van der Waals surface area contributed by atoms with Crippen LogP contribution < -0.4 is 0 Å². The van der Waals surface area contributed by atoms with E-state index in [-0.39, 0.29) is 12.1 Å². The predicted octanol–water partition coefficient (Wildman–Crippen LogP) is 4.04. The fraction of sp³-hybridized carbons (Fsp3) is 0.409. The standard InChI is InChI=1S/C20H23N3O4S.C2H6/c1-22(27-2)20(24)23-12-11-18(21-28(25)26)19(23)14-15-7-6-10-17(13-15)16-8-4-3-5-9-16;1-2/h3-10,13,18-19H,11-12,14H2,1-2H3;1-2H3/t18-,19-;/m0./s1. The highest BCUT2D eigenvalue weighted by molar-refractivity contribution is 7.61. The van der Waals surface area contributed by atoms with Gasteiger partial charge in [0.2, 0.25) is 0 Å². The van der Waals surface area contributed by atoms with E-state index in [1.807, 2.05) is 62.4 Å². The van der Waals surface area contributed by atoms with Crippen LogP contribution in [0.25, 0.3) is 11.1 Å². The van der Waals surface area contributed by atoms with E-state index in [2.05, 4.69) is 10.4 Å². The molecule has 0 N–H and O–H groups in total. The van der Waals surface area contributed by atoms with Crippen molar-refractivity contribution in [3.63, 3.8) is 0 Å². The molecule has 0 radical (unpaired) electrons. The van der Waals surface area contributed by atoms with Crippen LogP contribution in [0.15, 0.2) is 59.0 Å². The Kier molecular flexibility index (Phi) is 9.01. The Labute approximate surface area is 179 Å². The summed E-state index contributed by atoms with van der Waals surface area (Å²) in [6, 6.07) is 17.0. The lowest BCUT2D eigenvalue weighted by molar-refractivity contribution is -0.0769. The van der Waals surface area contributed by atoms with E-state index in [1.165, 1.54) is 14.2 Å². The van der Waals surface area contributed by atoms with E-state index in [1.54, 1.807) is 4.90 Å². The first-order valence-electron chi connectivity index (χ1n) is 10.0. The van der Waals surface area contributed by atoms with Crippen LogP contribution in [0, 0.1) is 0 Å². The molecule has 162 valence electrons. The lowest BCUT2D eigenvalue weighted by Crippen LogP contribution is -2.46. The molecule has 0 spiro atoms. The number of carbonyl (C=O) groups excluding carboxylic acids is 1. The van der Waals surface area contributed by atoms with Crippen LogP contribution in [0.4, 0.5) is 4.79 Å². The summed E-state index contributed by atoms with van der Waals surface area (Å²) in [5.41, 5.74) is 3.19. The molecule has 0 unspecified atom stereocenters. The molecule has 0 saturated carbocycles. The lowest BCUT2D eigenvalue weighted by Gasteiger charge is -2.29. The van der Waals surface area contributed by atoms with Crippen LogP contribution in [0.2, 0.25) is 0 Å². The van der Waals surface area contributed by atoms with Gasteiger partial charge in [-0.25, -0.2) is 9.86 Å². The van der Waals surface area contributed by atoms with Gasteiger partial charge in [0.15, 0.2) is 0 Å². The summed E-state index contributed by atoms with van der Waals surface area (Å²) in [5.74, 6) is 0. The lowest BCUT2D eigenvalue weighted by atomic mass is 9.97. The van der Waals surface area contributed by atoms with Crippen molar-refractivity contribution in [2.45, 2.75) is 38.8 Å². The van der Waals surface area contributed by atoms with Gasteiger partial charge in [0.05, 0.1) is 19.2 Å². The fourth-order valence-electron chi connectivity index (χ4n) is 3.56. The number of urea groups is 1. The third kappa shape index (κ3) is 5.90. The maximum Gasteiger partial charge on any atom is 0.343 e. The average Bonchev–Trinajstić information content (AvgIpc) is 3.16. The maximum atomic E-state index is 12.6. The van der Waals surface area contributed by atoms with Crippen LogP contribution in [0.1, 0.15) is 25.8 Å². The monoisotopic (exact) mass is 431 g/mol. The summed E-state index contributed by atoms with van der Waals surface area (Å²) in [5, 5.41) is 1.14. The average molecular weight is 432 g/mol. The van der Waals surface area contributed by atoms with Gasteiger partial charge in [0.1, 0.15) is 0 Å². The van der Waals surface area contributed by atoms with Crippen LogP contribution >= 0.6 is 0 Å². The van der Waals surface area contributed by atoms with Gasteiger partial charge in [0, 0.05) is 13.6 Å². The molecule has 30 heavy (non-hydrogen) atoms. The SMILES string of the molecule is CC.CON(C)C(=O)N1CC[C@H](N=S(=O)=O)[C@@H]1Cc1cccc(-c2ccccc2)c1. The first-order valence-corrected chi connectivity index (χ1v) is 11.1. The number of likely N-dealkylation sites (tertiary alicyclic amines) is 1. The Balaban J connectivity index is 0.00000155.